The molecule has 0 spiro atoms. The van der Waals surface area contributed by atoms with Crippen LogP contribution in [0.1, 0.15) is 83.6 Å². The Hall–Kier alpha value is -3.84. The lowest BCUT2D eigenvalue weighted by Gasteiger charge is -2.46. The van der Waals surface area contributed by atoms with Crippen LogP contribution in [0.25, 0.3) is 0 Å². The van der Waals surface area contributed by atoms with Gasteiger partial charge in [-0.3, -0.25) is 5.32 Å². The summed E-state index contributed by atoms with van der Waals surface area (Å²) in [5.74, 6) is 0.567. The molecule has 3 amide bonds. The first-order valence-electron chi connectivity index (χ1n) is 14.7. The molecule has 7 nitrogen and oxygen atoms in total. The summed E-state index contributed by atoms with van der Waals surface area (Å²) in [6.45, 7) is 17.0. The van der Waals surface area contributed by atoms with E-state index in [1.54, 1.807) is 0 Å². The van der Waals surface area contributed by atoms with Crippen molar-refractivity contribution < 1.29 is 14.3 Å². The van der Waals surface area contributed by atoms with Crippen LogP contribution in [-0.4, -0.2) is 29.2 Å². The lowest BCUT2D eigenvalue weighted by molar-refractivity contribution is 0.149. The molecule has 0 atom stereocenters. The zero-order valence-corrected chi connectivity index (χ0v) is 26.3. The number of benzene rings is 3. The van der Waals surface area contributed by atoms with Gasteiger partial charge in [0.05, 0.1) is 0 Å². The van der Waals surface area contributed by atoms with Gasteiger partial charge in [0.1, 0.15) is 5.75 Å². The molecule has 0 aromatic heterocycles. The molecule has 0 radical (unpaired) electrons. The second-order valence-corrected chi connectivity index (χ2v) is 13.9. The molecular weight excluding hydrogens is 524 g/mol. The third kappa shape index (κ3) is 8.83. The highest BCUT2D eigenvalue weighted by atomic mass is 16.6. The second-order valence-electron chi connectivity index (χ2n) is 13.9. The third-order valence-corrected chi connectivity index (χ3v) is 7.49. The van der Waals surface area contributed by atoms with Crippen molar-refractivity contribution in [3.05, 3.63) is 89.0 Å². The minimum absolute atomic E-state index is 0.0313. The molecule has 1 aliphatic heterocycles. The standard InChI is InChI=1S/C35H46N4O3/c1-23-9-18-30(29(19-23)33(2,3)4)42-32(41)38-27-16-12-25(13-17-27)20-24-10-14-26(15-11-24)36-31(40)37-28-21-34(5,6)39-35(7,8)22-28/h9-19,28,39H,20-22H2,1-8H3,(H,38,41)(H2,36,37,40). The van der Waals surface area contributed by atoms with Gasteiger partial charge in [-0.2, -0.15) is 0 Å². The van der Waals surface area contributed by atoms with E-state index in [1.807, 2.05) is 67.6 Å². The zero-order chi connectivity index (χ0) is 30.7. The van der Waals surface area contributed by atoms with Gasteiger partial charge >= 0.3 is 12.1 Å². The molecular formula is C35H46N4O3. The highest BCUT2D eigenvalue weighted by Crippen LogP contribution is 2.32. The van der Waals surface area contributed by atoms with Gasteiger partial charge in [0.15, 0.2) is 0 Å². The molecule has 0 saturated carbocycles. The van der Waals surface area contributed by atoms with Crippen LogP contribution in [0, 0.1) is 6.92 Å². The van der Waals surface area contributed by atoms with Crippen molar-refractivity contribution in [1.29, 1.82) is 0 Å². The summed E-state index contributed by atoms with van der Waals surface area (Å²) in [5, 5.41) is 12.6. The van der Waals surface area contributed by atoms with Gasteiger partial charge in [-0.15, -0.1) is 0 Å². The van der Waals surface area contributed by atoms with Gasteiger partial charge in [0, 0.05) is 34.1 Å². The van der Waals surface area contributed by atoms with Crippen LogP contribution in [-0.2, 0) is 11.8 Å². The number of hydrogen-bond acceptors (Lipinski definition) is 4. The molecule has 1 fully saturated rings. The summed E-state index contributed by atoms with van der Waals surface area (Å²) in [7, 11) is 0. The first-order chi connectivity index (χ1) is 19.6. The van der Waals surface area contributed by atoms with Crippen LogP contribution < -0.4 is 26.0 Å². The van der Waals surface area contributed by atoms with E-state index in [0.717, 1.165) is 47.2 Å². The van der Waals surface area contributed by atoms with Gasteiger partial charge in [-0.1, -0.05) is 62.7 Å². The number of urea groups is 1. The predicted molar refractivity (Wildman–Crippen MR) is 172 cm³/mol. The number of piperidine rings is 1. The molecule has 4 rings (SSSR count). The number of carbonyl (C=O) groups is 2. The Morgan fingerprint density at radius 2 is 1.36 bits per heavy atom. The summed E-state index contributed by atoms with van der Waals surface area (Å²) in [5.41, 5.74) is 5.56. The normalized spacial score (nSPS) is 16.4. The Kier molecular flexibility index (Phi) is 9.02. The fourth-order valence-electron chi connectivity index (χ4n) is 5.99. The van der Waals surface area contributed by atoms with E-state index in [9.17, 15) is 9.59 Å². The van der Waals surface area contributed by atoms with Gasteiger partial charge in [0.2, 0.25) is 0 Å². The predicted octanol–water partition coefficient (Wildman–Crippen LogP) is 7.92. The Bertz CT molecular complexity index is 1390. The first-order valence-corrected chi connectivity index (χ1v) is 14.7. The number of nitrogens with one attached hydrogen (secondary N) is 4. The van der Waals surface area contributed by atoms with Crippen LogP contribution in [0.5, 0.6) is 5.75 Å². The molecule has 3 aromatic carbocycles. The second kappa shape index (κ2) is 12.2. The van der Waals surface area contributed by atoms with Crippen molar-refractivity contribution in [2.45, 2.75) is 97.2 Å². The van der Waals surface area contributed by atoms with E-state index >= 15 is 0 Å². The van der Waals surface area contributed by atoms with Crippen molar-refractivity contribution >= 4 is 23.5 Å². The molecule has 0 bridgehead atoms. The van der Waals surface area contributed by atoms with Crippen LogP contribution in [0.2, 0.25) is 0 Å². The summed E-state index contributed by atoms with van der Waals surface area (Å²) < 4.78 is 5.67. The van der Waals surface area contributed by atoms with E-state index in [4.69, 9.17) is 4.74 Å². The topological polar surface area (TPSA) is 91.5 Å². The first kappa shape index (κ1) is 31.1. The fourth-order valence-corrected chi connectivity index (χ4v) is 5.99. The zero-order valence-electron chi connectivity index (χ0n) is 26.3. The Morgan fingerprint density at radius 1 is 0.833 bits per heavy atom. The van der Waals surface area contributed by atoms with Gasteiger partial charge < -0.3 is 20.7 Å². The minimum atomic E-state index is -0.517. The molecule has 42 heavy (non-hydrogen) atoms. The number of ether oxygens (including phenoxy) is 1. The molecule has 4 N–H and O–H groups in total. The smallest absolute Gasteiger partial charge is 0.410 e. The number of amides is 3. The SMILES string of the molecule is Cc1ccc(OC(=O)Nc2ccc(Cc3ccc(NC(=O)NC4CC(C)(C)NC(C)(C)C4)cc3)cc2)c(C(C)(C)C)c1. The molecule has 1 aliphatic rings. The van der Waals surface area contributed by atoms with Crippen molar-refractivity contribution in [2.24, 2.45) is 0 Å². The average molecular weight is 571 g/mol. The maximum absolute atomic E-state index is 12.7. The van der Waals surface area contributed by atoms with Crippen LogP contribution >= 0.6 is 0 Å². The molecule has 224 valence electrons. The van der Waals surface area contributed by atoms with Gasteiger partial charge in [-0.25, -0.2) is 9.59 Å². The number of hydrogen-bond donors (Lipinski definition) is 4. The maximum atomic E-state index is 12.7. The summed E-state index contributed by atoms with van der Waals surface area (Å²) in [6.07, 6.45) is 1.97. The van der Waals surface area contributed by atoms with Crippen LogP contribution in [0.15, 0.2) is 66.7 Å². The Morgan fingerprint density at radius 3 is 1.88 bits per heavy atom. The quantitative estimate of drug-likeness (QED) is 0.242. The molecule has 0 unspecified atom stereocenters. The van der Waals surface area contributed by atoms with Crippen molar-refractivity contribution in [2.75, 3.05) is 10.6 Å². The fraction of sp³-hybridized carbons (Fsp3) is 0.429. The van der Waals surface area contributed by atoms with E-state index in [2.05, 4.69) is 75.8 Å². The number of carbonyl (C=O) groups excluding carboxylic acids is 2. The summed E-state index contributed by atoms with van der Waals surface area (Å²) >= 11 is 0. The molecule has 7 heteroatoms. The lowest BCUT2D eigenvalue weighted by atomic mass is 9.80. The molecule has 1 heterocycles. The van der Waals surface area contributed by atoms with Crippen molar-refractivity contribution in [3.63, 3.8) is 0 Å². The lowest BCUT2D eigenvalue weighted by Crippen LogP contribution is -2.62. The largest absolute Gasteiger partial charge is 0.417 e. The van der Waals surface area contributed by atoms with Crippen LogP contribution in [0.4, 0.5) is 21.0 Å². The number of rotatable bonds is 6. The third-order valence-electron chi connectivity index (χ3n) is 7.49. The highest BCUT2D eigenvalue weighted by molar-refractivity contribution is 5.89. The Labute approximate surface area is 250 Å². The van der Waals surface area contributed by atoms with Crippen molar-refractivity contribution in [1.82, 2.24) is 10.6 Å². The molecule has 1 saturated heterocycles. The van der Waals surface area contributed by atoms with Gasteiger partial charge in [0.25, 0.3) is 0 Å². The molecule has 3 aromatic rings. The Balaban J connectivity index is 1.28. The number of aryl methyl sites for hydroxylation is 1. The molecule has 0 aliphatic carbocycles. The van der Waals surface area contributed by atoms with E-state index in [-0.39, 0.29) is 28.6 Å². The number of anilines is 2. The van der Waals surface area contributed by atoms with E-state index in [0.29, 0.717) is 11.4 Å². The van der Waals surface area contributed by atoms with E-state index in [1.165, 1.54) is 0 Å². The minimum Gasteiger partial charge on any atom is -0.410 e. The van der Waals surface area contributed by atoms with Crippen molar-refractivity contribution in [3.8, 4) is 5.75 Å². The highest BCUT2D eigenvalue weighted by Gasteiger charge is 2.38. The van der Waals surface area contributed by atoms with Gasteiger partial charge in [-0.05, 0) is 101 Å². The van der Waals surface area contributed by atoms with Crippen LogP contribution in [0.3, 0.4) is 0 Å². The van der Waals surface area contributed by atoms with E-state index < -0.39 is 6.09 Å². The summed E-state index contributed by atoms with van der Waals surface area (Å²) in [6, 6.07) is 21.4. The summed E-state index contributed by atoms with van der Waals surface area (Å²) in [4.78, 5) is 25.3. The average Bonchev–Trinajstić information content (AvgIpc) is 2.85. The maximum Gasteiger partial charge on any atom is 0.417 e. The monoisotopic (exact) mass is 570 g/mol.